The van der Waals surface area contributed by atoms with E-state index in [4.69, 9.17) is 4.74 Å². The third kappa shape index (κ3) is 2.79. The van der Waals surface area contributed by atoms with Crippen LogP contribution in [-0.4, -0.2) is 42.5 Å². The molecular formula is C17H25NO2. The van der Waals surface area contributed by atoms with Crippen molar-refractivity contribution in [1.82, 2.24) is 4.90 Å². The molecule has 20 heavy (non-hydrogen) atoms. The quantitative estimate of drug-likeness (QED) is 0.794. The van der Waals surface area contributed by atoms with Crippen LogP contribution in [0.1, 0.15) is 40.9 Å². The fourth-order valence-corrected chi connectivity index (χ4v) is 3.11. The molecule has 1 aromatic carbocycles. The van der Waals surface area contributed by atoms with Crippen LogP contribution in [0.25, 0.3) is 0 Å². The second-order valence-electron chi connectivity index (χ2n) is 6.26. The van der Waals surface area contributed by atoms with Crippen molar-refractivity contribution in [3.05, 3.63) is 34.4 Å². The van der Waals surface area contributed by atoms with Crippen LogP contribution in [0.2, 0.25) is 0 Å². The van der Waals surface area contributed by atoms with Gasteiger partial charge in [0.25, 0.3) is 0 Å². The monoisotopic (exact) mass is 275 g/mol. The lowest BCUT2D eigenvalue weighted by Gasteiger charge is -2.40. The van der Waals surface area contributed by atoms with Crippen molar-refractivity contribution >= 4 is 5.78 Å². The molecule has 0 atom stereocenters. The van der Waals surface area contributed by atoms with Gasteiger partial charge in [-0.1, -0.05) is 17.7 Å². The van der Waals surface area contributed by atoms with Crippen LogP contribution in [0.15, 0.2) is 12.1 Å². The number of hydrogen-bond donors (Lipinski definition) is 0. The number of carbonyl (C=O) groups excluding carboxylic acids is 1. The maximum Gasteiger partial charge on any atom is 0.183 e. The summed E-state index contributed by atoms with van der Waals surface area (Å²) in [4.78, 5) is 15.3. The average Bonchev–Trinajstić information content (AvgIpc) is 2.38. The van der Waals surface area contributed by atoms with Crippen molar-refractivity contribution in [2.24, 2.45) is 0 Å². The van der Waals surface area contributed by atoms with Crippen molar-refractivity contribution in [1.29, 1.82) is 0 Å². The van der Waals surface area contributed by atoms with E-state index in [-0.39, 0.29) is 5.78 Å². The summed E-state index contributed by atoms with van der Waals surface area (Å²) in [5.74, 6) is 0.217. The summed E-state index contributed by atoms with van der Waals surface area (Å²) in [6.07, 6.45) is 0. The van der Waals surface area contributed by atoms with Gasteiger partial charge in [0.05, 0.1) is 18.8 Å². The Balaban J connectivity index is 2.34. The van der Waals surface area contributed by atoms with Crippen molar-refractivity contribution in [3.63, 3.8) is 0 Å². The molecular weight excluding hydrogens is 250 g/mol. The highest BCUT2D eigenvalue weighted by Gasteiger charge is 2.37. The van der Waals surface area contributed by atoms with E-state index >= 15 is 0 Å². The molecule has 3 heteroatoms. The summed E-state index contributed by atoms with van der Waals surface area (Å²) in [5.41, 5.74) is 3.77. The number of hydrogen-bond acceptors (Lipinski definition) is 3. The topological polar surface area (TPSA) is 29.5 Å². The highest BCUT2D eigenvalue weighted by atomic mass is 16.5. The Morgan fingerprint density at radius 1 is 1.10 bits per heavy atom. The van der Waals surface area contributed by atoms with Crippen LogP contribution in [-0.2, 0) is 4.74 Å². The fourth-order valence-electron chi connectivity index (χ4n) is 3.11. The smallest absolute Gasteiger partial charge is 0.183 e. The lowest BCUT2D eigenvalue weighted by molar-refractivity contribution is -0.00434. The van der Waals surface area contributed by atoms with Crippen LogP contribution >= 0.6 is 0 Å². The minimum atomic E-state index is -0.478. The first-order valence-corrected chi connectivity index (χ1v) is 7.29. The lowest BCUT2D eigenvalue weighted by Crippen LogP contribution is -2.54. The van der Waals surface area contributed by atoms with Gasteiger partial charge in [-0.15, -0.1) is 0 Å². The molecule has 1 aliphatic rings. The average molecular weight is 275 g/mol. The van der Waals surface area contributed by atoms with Crippen molar-refractivity contribution in [3.8, 4) is 0 Å². The molecule has 3 nitrogen and oxygen atoms in total. The molecule has 1 heterocycles. The highest BCUT2D eigenvalue weighted by molar-refractivity contribution is 6.05. The predicted octanol–water partition coefficient (Wildman–Crippen LogP) is 2.91. The first-order valence-electron chi connectivity index (χ1n) is 7.29. The normalized spacial score (nSPS) is 17.2. The minimum Gasteiger partial charge on any atom is -0.379 e. The van der Waals surface area contributed by atoms with Crippen LogP contribution in [0, 0.1) is 20.8 Å². The van der Waals surface area contributed by atoms with Gasteiger partial charge in [-0.05, 0) is 45.7 Å². The number of benzene rings is 1. The Bertz CT molecular complexity index is 491. The first kappa shape index (κ1) is 15.2. The Morgan fingerprint density at radius 2 is 1.60 bits per heavy atom. The number of aryl methyl sites for hydroxylation is 3. The molecule has 1 fully saturated rings. The van der Waals surface area contributed by atoms with Gasteiger partial charge in [0.1, 0.15) is 0 Å². The minimum absolute atomic E-state index is 0.217. The number of nitrogens with zero attached hydrogens (tertiary/aromatic N) is 1. The number of ether oxygens (including phenoxy) is 1. The molecule has 1 aromatic rings. The largest absolute Gasteiger partial charge is 0.379 e. The fraction of sp³-hybridized carbons (Fsp3) is 0.588. The highest BCUT2D eigenvalue weighted by Crippen LogP contribution is 2.26. The molecule has 0 N–H and O–H groups in total. The van der Waals surface area contributed by atoms with Crippen LogP contribution in [0.5, 0.6) is 0 Å². The standard InChI is InChI=1S/C17H25NO2/c1-12-10-13(2)15(14(3)11-12)16(19)17(4,5)18-6-8-20-9-7-18/h10-11H,6-9H2,1-5H3. The SMILES string of the molecule is Cc1cc(C)c(C(=O)C(C)(C)N2CCOCC2)c(C)c1. The van der Waals surface area contributed by atoms with E-state index in [0.717, 1.165) is 29.8 Å². The Kier molecular flexibility index (Phi) is 4.31. The molecule has 110 valence electrons. The van der Waals surface area contributed by atoms with Crippen molar-refractivity contribution in [2.45, 2.75) is 40.2 Å². The van der Waals surface area contributed by atoms with Crippen LogP contribution < -0.4 is 0 Å². The molecule has 0 saturated carbocycles. The van der Waals surface area contributed by atoms with Gasteiger partial charge in [0, 0.05) is 18.7 Å². The molecule has 0 aliphatic carbocycles. The zero-order valence-corrected chi connectivity index (χ0v) is 13.2. The predicted molar refractivity (Wildman–Crippen MR) is 81.5 cm³/mol. The maximum atomic E-state index is 13.0. The third-order valence-electron chi connectivity index (χ3n) is 4.26. The van der Waals surface area contributed by atoms with Crippen molar-refractivity contribution in [2.75, 3.05) is 26.3 Å². The molecule has 0 unspecified atom stereocenters. The van der Waals surface area contributed by atoms with E-state index < -0.39 is 5.54 Å². The van der Waals surface area contributed by atoms with Gasteiger partial charge in [0.15, 0.2) is 5.78 Å². The molecule has 0 radical (unpaired) electrons. The number of rotatable bonds is 3. The zero-order valence-electron chi connectivity index (χ0n) is 13.2. The maximum absolute atomic E-state index is 13.0. The molecule has 1 aliphatic heterocycles. The summed E-state index contributed by atoms with van der Waals surface area (Å²) in [6, 6.07) is 4.19. The van der Waals surface area contributed by atoms with Gasteiger partial charge < -0.3 is 4.74 Å². The van der Waals surface area contributed by atoms with Gasteiger partial charge in [-0.3, -0.25) is 9.69 Å². The molecule has 0 amide bonds. The Morgan fingerprint density at radius 3 is 2.10 bits per heavy atom. The Labute approximate surface area is 121 Å². The van der Waals surface area contributed by atoms with Gasteiger partial charge in [-0.25, -0.2) is 0 Å². The van der Waals surface area contributed by atoms with Crippen LogP contribution in [0.4, 0.5) is 0 Å². The van der Waals surface area contributed by atoms with Crippen LogP contribution in [0.3, 0.4) is 0 Å². The third-order valence-corrected chi connectivity index (χ3v) is 4.26. The van der Waals surface area contributed by atoms with Gasteiger partial charge in [0.2, 0.25) is 0 Å². The molecule has 0 bridgehead atoms. The molecule has 0 aromatic heterocycles. The van der Waals surface area contributed by atoms with E-state index in [1.54, 1.807) is 0 Å². The molecule has 2 rings (SSSR count). The number of ketones is 1. The van der Waals surface area contributed by atoms with E-state index in [2.05, 4.69) is 24.0 Å². The van der Waals surface area contributed by atoms with E-state index in [1.807, 2.05) is 27.7 Å². The summed E-state index contributed by atoms with van der Waals surface area (Å²) in [5, 5.41) is 0. The van der Waals surface area contributed by atoms with E-state index in [1.165, 1.54) is 5.56 Å². The zero-order chi connectivity index (χ0) is 14.9. The summed E-state index contributed by atoms with van der Waals surface area (Å²) in [6.45, 7) is 13.3. The molecule has 0 spiro atoms. The van der Waals surface area contributed by atoms with E-state index in [0.29, 0.717) is 13.2 Å². The lowest BCUT2D eigenvalue weighted by atomic mass is 9.85. The molecule has 1 saturated heterocycles. The van der Waals surface area contributed by atoms with Gasteiger partial charge in [-0.2, -0.15) is 0 Å². The summed E-state index contributed by atoms with van der Waals surface area (Å²) < 4.78 is 5.39. The number of Topliss-reactive ketones (excluding diaryl/α,β-unsaturated/α-hetero) is 1. The summed E-state index contributed by atoms with van der Waals surface area (Å²) >= 11 is 0. The second-order valence-corrected chi connectivity index (χ2v) is 6.26. The van der Waals surface area contributed by atoms with Gasteiger partial charge >= 0.3 is 0 Å². The Hall–Kier alpha value is -1.19. The van der Waals surface area contributed by atoms with E-state index in [9.17, 15) is 4.79 Å². The number of morpholine rings is 1. The number of carbonyl (C=O) groups is 1. The van der Waals surface area contributed by atoms with Crippen molar-refractivity contribution < 1.29 is 9.53 Å². The first-order chi connectivity index (χ1) is 9.34. The summed E-state index contributed by atoms with van der Waals surface area (Å²) in [7, 11) is 0. The second kappa shape index (κ2) is 5.66.